The van der Waals surface area contributed by atoms with E-state index in [1.165, 1.54) is 27.8 Å². The Bertz CT molecular complexity index is 560. The highest BCUT2D eigenvalue weighted by Gasteiger charge is 2.19. The SMILES string of the molecule is Cc1cc(C)c(C)c(C(N)c2sccc2Cl)c1C. The second kappa shape index (κ2) is 5.04. The van der Waals surface area contributed by atoms with Crippen LogP contribution in [0.5, 0.6) is 0 Å². The van der Waals surface area contributed by atoms with Crippen molar-refractivity contribution in [3.05, 3.63) is 55.2 Å². The van der Waals surface area contributed by atoms with E-state index >= 15 is 0 Å². The van der Waals surface area contributed by atoms with Gasteiger partial charge in [0.25, 0.3) is 0 Å². The molecule has 0 radical (unpaired) electrons. The molecule has 0 aliphatic rings. The third kappa shape index (κ3) is 2.20. The summed E-state index contributed by atoms with van der Waals surface area (Å²) in [6.45, 7) is 8.54. The molecule has 0 fully saturated rings. The van der Waals surface area contributed by atoms with Crippen molar-refractivity contribution >= 4 is 22.9 Å². The molecule has 1 heterocycles. The van der Waals surface area contributed by atoms with Crippen LogP contribution in [-0.4, -0.2) is 0 Å². The van der Waals surface area contributed by atoms with Gasteiger partial charge in [-0.25, -0.2) is 0 Å². The van der Waals surface area contributed by atoms with Crippen molar-refractivity contribution < 1.29 is 0 Å². The van der Waals surface area contributed by atoms with Gasteiger partial charge in [0.05, 0.1) is 11.1 Å². The van der Waals surface area contributed by atoms with E-state index in [0.29, 0.717) is 0 Å². The quantitative estimate of drug-likeness (QED) is 0.848. The largest absolute Gasteiger partial charge is 0.320 e. The third-order valence-electron chi connectivity index (χ3n) is 3.66. The van der Waals surface area contributed by atoms with Gasteiger partial charge in [0, 0.05) is 4.88 Å². The first kappa shape index (κ1) is 13.6. The summed E-state index contributed by atoms with van der Waals surface area (Å²) in [5.41, 5.74) is 12.8. The Morgan fingerprint density at radius 2 is 1.67 bits per heavy atom. The fraction of sp³-hybridized carbons (Fsp3) is 0.333. The Hall–Kier alpha value is -0.830. The Kier molecular flexibility index (Phi) is 3.81. The average molecular weight is 280 g/mol. The Morgan fingerprint density at radius 1 is 1.11 bits per heavy atom. The lowest BCUT2D eigenvalue weighted by molar-refractivity contribution is 0.864. The molecular formula is C15H18ClNS. The molecule has 1 nitrogen and oxygen atoms in total. The van der Waals surface area contributed by atoms with Crippen LogP contribution in [0, 0.1) is 27.7 Å². The van der Waals surface area contributed by atoms with E-state index in [-0.39, 0.29) is 6.04 Å². The molecule has 2 N–H and O–H groups in total. The molecule has 0 saturated heterocycles. The minimum Gasteiger partial charge on any atom is -0.320 e. The Labute approximate surface area is 118 Å². The molecule has 3 heteroatoms. The number of nitrogens with two attached hydrogens (primary N) is 1. The Balaban J connectivity index is 2.61. The van der Waals surface area contributed by atoms with Gasteiger partial charge >= 0.3 is 0 Å². The van der Waals surface area contributed by atoms with Gasteiger partial charge in [0.2, 0.25) is 0 Å². The smallest absolute Gasteiger partial charge is 0.0666 e. The van der Waals surface area contributed by atoms with E-state index in [1.807, 2.05) is 11.4 Å². The van der Waals surface area contributed by atoms with Gasteiger partial charge in [-0.05, 0) is 67.0 Å². The van der Waals surface area contributed by atoms with Crippen LogP contribution in [0.2, 0.25) is 5.02 Å². The van der Waals surface area contributed by atoms with Crippen molar-refractivity contribution in [1.29, 1.82) is 0 Å². The predicted octanol–water partition coefficient (Wildman–Crippen LogP) is 4.68. The molecule has 1 aromatic heterocycles. The van der Waals surface area contributed by atoms with Crippen LogP contribution in [0.3, 0.4) is 0 Å². The first-order valence-corrected chi connectivity index (χ1v) is 7.25. The second-order valence-corrected chi connectivity index (χ2v) is 6.14. The van der Waals surface area contributed by atoms with Gasteiger partial charge in [-0.1, -0.05) is 17.7 Å². The summed E-state index contributed by atoms with van der Waals surface area (Å²) in [4.78, 5) is 1.05. The first-order chi connectivity index (χ1) is 8.43. The lowest BCUT2D eigenvalue weighted by Crippen LogP contribution is -2.15. The summed E-state index contributed by atoms with van der Waals surface area (Å²) in [5, 5.41) is 2.76. The van der Waals surface area contributed by atoms with Gasteiger partial charge < -0.3 is 5.73 Å². The molecule has 0 aliphatic carbocycles. The topological polar surface area (TPSA) is 26.0 Å². The summed E-state index contributed by atoms with van der Waals surface area (Å²) in [5.74, 6) is 0. The van der Waals surface area contributed by atoms with Gasteiger partial charge in [0.15, 0.2) is 0 Å². The van der Waals surface area contributed by atoms with Gasteiger partial charge in [0.1, 0.15) is 0 Å². The highest BCUT2D eigenvalue weighted by Crippen LogP contribution is 2.35. The van der Waals surface area contributed by atoms with Crippen LogP contribution in [0.15, 0.2) is 17.5 Å². The van der Waals surface area contributed by atoms with E-state index < -0.39 is 0 Å². The standard InChI is InChI=1S/C15H18ClNS/c1-8-7-9(2)11(4)13(10(8)3)14(17)15-12(16)5-6-18-15/h5-7,14H,17H2,1-4H3. The van der Waals surface area contributed by atoms with Crippen molar-refractivity contribution in [2.24, 2.45) is 5.73 Å². The number of benzene rings is 1. The van der Waals surface area contributed by atoms with Crippen LogP contribution in [0.4, 0.5) is 0 Å². The van der Waals surface area contributed by atoms with Crippen LogP contribution in [0.1, 0.15) is 38.7 Å². The maximum Gasteiger partial charge on any atom is 0.0666 e. The van der Waals surface area contributed by atoms with Crippen LogP contribution in [-0.2, 0) is 0 Å². The zero-order chi connectivity index (χ0) is 13.4. The van der Waals surface area contributed by atoms with E-state index in [4.69, 9.17) is 17.3 Å². The lowest BCUT2D eigenvalue weighted by atomic mass is 9.89. The third-order valence-corrected chi connectivity index (χ3v) is 5.10. The molecule has 1 aromatic carbocycles. The van der Waals surface area contributed by atoms with E-state index in [9.17, 15) is 0 Å². The molecule has 18 heavy (non-hydrogen) atoms. The summed E-state index contributed by atoms with van der Waals surface area (Å²) in [7, 11) is 0. The molecule has 2 aromatic rings. The summed E-state index contributed by atoms with van der Waals surface area (Å²) < 4.78 is 0. The fourth-order valence-electron chi connectivity index (χ4n) is 2.37. The van der Waals surface area contributed by atoms with Crippen LogP contribution >= 0.6 is 22.9 Å². The predicted molar refractivity (Wildman–Crippen MR) is 80.7 cm³/mol. The van der Waals surface area contributed by atoms with E-state index in [1.54, 1.807) is 11.3 Å². The highest BCUT2D eigenvalue weighted by atomic mass is 35.5. The normalized spacial score (nSPS) is 12.8. The minimum atomic E-state index is -0.129. The van der Waals surface area contributed by atoms with Crippen molar-refractivity contribution in [1.82, 2.24) is 0 Å². The van der Waals surface area contributed by atoms with E-state index in [0.717, 1.165) is 9.90 Å². The maximum atomic E-state index is 6.43. The monoisotopic (exact) mass is 279 g/mol. The molecular weight excluding hydrogens is 262 g/mol. The zero-order valence-corrected chi connectivity index (χ0v) is 12.7. The molecule has 0 amide bonds. The minimum absolute atomic E-state index is 0.129. The number of aryl methyl sites for hydroxylation is 2. The number of halogens is 1. The Morgan fingerprint density at radius 3 is 2.11 bits per heavy atom. The van der Waals surface area contributed by atoms with Gasteiger partial charge in [-0.2, -0.15) is 0 Å². The van der Waals surface area contributed by atoms with Crippen molar-refractivity contribution in [2.45, 2.75) is 33.7 Å². The van der Waals surface area contributed by atoms with Gasteiger partial charge in [-0.3, -0.25) is 0 Å². The number of rotatable bonds is 2. The van der Waals surface area contributed by atoms with E-state index in [2.05, 4.69) is 33.8 Å². The number of hydrogen-bond donors (Lipinski definition) is 1. The maximum absolute atomic E-state index is 6.43. The number of hydrogen-bond acceptors (Lipinski definition) is 2. The average Bonchev–Trinajstić information content (AvgIpc) is 2.73. The lowest BCUT2D eigenvalue weighted by Gasteiger charge is -2.20. The van der Waals surface area contributed by atoms with Crippen LogP contribution in [0.25, 0.3) is 0 Å². The summed E-state index contributed by atoms with van der Waals surface area (Å²) >= 11 is 7.82. The molecule has 0 spiro atoms. The number of thiophene rings is 1. The van der Waals surface area contributed by atoms with Gasteiger partial charge in [-0.15, -0.1) is 11.3 Å². The molecule has 0 bridgehead atoms. The highest BCUT2D eigenvalue weighted by molar-refractivity contribution is 7.10. The summed E-state index contributed by atoms with van der Waals surface area (Å²) in [6, 6.07) is 4.00. The van der Waals surface area contributed by atoms with Crippen molar-refractivity contribution in [3.63, 3.8) is 0 Å². The summed E-state index contributed by atoms with van der Waals surface area (Å²) in [6.07, 6.45) is 0. The first-order valence-electron chi connectivity index (χ1n) is 5.99. The molecule has 1 unspecified atom stereocenters. The molecule has 0 saturated carbocycles. The molecule has 2 rings (SSSR count). The van der Waals surface area contributed by atoms with Crippen molar-refractivity contribution in [2.75, 3.05) is 0 Å². The van der Waals surface area contributed by atoms with Crippen LogP contribution < -0.4 is 5.73 Å². The van der Waals surface area contributed by atoms with Crippen molar-refractivity contribution in [3.8, 4) is 0 Å². The second-order valence-electron chi connectivity index (χ2n) is 4.78. The fourth-order valence-corrected chi connectivity index (χ4v) is 3.56. The molecule has 96 valence electrons. The zero-order valence-electron chi connectivity index (χ0n) is 11.2. The molecule has 0 aliphatic heterocycles. The molecule has 1 atom stereocenters.